The molecule has 14 heavy (non-hydrogen) atoms. The van der Waals surface area contributed by atoms with E-state index in [4.69, 9.17) is 4.74 Å². The first-order valence-corrected chi connectivity index (χ1v) is 5.70. The molecule has 2 heteroatoms. The minimum Gasteiger partial charge on any atom is -0.381 e. The van der Waals surface area contributed by atoms with Crippen molar-refractivity contribution in [3.63, 3.8) is 0 Å². The van der Waals surface area contributed by atoms with Gasteiger partial charge in [-0.2, -0.15) is 0 Å². The highest BCUT2D eigenvalue weighted by Crippen LogP contribution is 1.96. The van der Waals surface area contributed by atoms with E-state index in [1.54, 1.807) is 0 Å². The second kappa shape index (κ2) is 10.7. The fourth-order valence-corrected chi connectivity index (χ4v) is 1.10. The van der Waals surface area contributed by atoms with E-state index in [1.807, 2.05) is 6.92 Å². The highest BCUT2D eigenvalue weighted by atomic mass is 16.5. The molecule has 0 aromatic carbocycles. The van der Waals surface area contributed by atoms with E-state index >= 15 is 0 Å². The van der Waals surface area contributed by atoms with Crippen LogP contribution in [0.2, 0.25) is 0 Å². The standard InChI is InChI=1S/C12H25NO/c1-4-8-13-9-5-6-10-14-11-7-12(2)3/h13H,2,4-11H2,1,3H3. The molecule has 1 N–H and O–H groups in total. The Kier molecular flexibility index (Phi) is 10.5. The summed E-state index contributed by atoms with van der Waals surface area (Å²) in [5.41, 5.74) is 1.20. The van der Waals surface area contributed by atoms with Crippen molar-refractivity contribution in [3.8, 4) is 0 Å². The SMILES string of the molecule is C=C(C)CCOCCCCNCCC. The maximum atomic E-state index is 5.46. The first-order valence-electron chi connectivity index (χ1n) is 5.70. The molecule has 0 aliphatic heterocycles. The third kappa shape index (κ3) is 11.7. The topological polar surface area (TPSA) is 21.3 Å². The molecule has 0 saturated heterocycles. The Balaban J connectivity index is 2.88. The summed E-state index contributed by atoms with van der Waals surface area (Å²) in [4.78, 5) is 0. The largest absolute Gasteiger partial charge is 0.381 e. The summed E-state index contributed by atoms with van der Waals surface area (Å²) in [6.45, 7) is 12.0. The van der Waals surface area contributed by atoms with Gasteiger partial charge >= 0.3 is 0 Å². The molecule has 0 aliphatic rings. The van der Waals surface area contributed by atoms with E-state index in [-0.39, 0.29) is 0 Å². The predicted molar refractivity (Wildman–Crippen MR) is 62.6 cm³/mol. The molecule has 0 bridgehead atoms. The molecule has 0 spiro atoms. The lowest BCUT2D eigenvalue weighted by atomic mass is 10.2. The summed E-state index contributed by atoms with van der Waals surface area (Å²) in [6, 6.07) is 0. The number of rotatable bonds is 10. The molecule has 2 nitrogen and oxygen atoms in total. The van der Waals surface area contributed by atoms with Gasteiger partial charge in [-0.05, 0) is 45.7 Å². The van der Waals surface area contributed by atoms with Crippen molar-refractivity contribution in [1.82, 2.24) is 5.32 Å². The lowest BCUT2D eigenvalue weighted by Crippen LogP contribution is -2.16. The van der Waals surface area contributed by atoms with Gasteiger partial charge in [0.05, 0.1) is 6.61 Å². The number of hydrogen-bond acceptors (Lipinski definition) is 2. The zero-order chi connectivity index (χ0) is 10.6. The van der Waals surface area contributed by atoms with Gasteiger partial charge in [-0.3, -0.25) is 0 Å². The maximum Gasteiger partial charge on any atom is 0.0502 e. The Labute approximate surface area is 88.7 Å². The third-order valence-electron chi connectivity index (χ3n) is 1.99. The summed E-state index contributed by atoms with van der Waals surface area (Å²) in [5, 5.41) is 3.37. The van der Waals surface area contributed by atoms with Gasteiger partial charge in [0.2, 0.25) is 0 Å². The minimum atomic E-state index is 0.831. The van der Waals surface area contributed by atoms with Crippen molar-refractivity contribution in [2.24, 2.45) is 0 Å². The van der Waals surface area contributed by atoms with E-state index in [0.29, 0.717) is 0 Å². The van der Waals surface area contributed by atoms with Crippen LogP contribution in [0, 0.1) is 0 Å². The van der Waals surface area contributed by atoms with Gasteiger partial charge in [0.1, 0.15) is 0 Å². The normalized spacial score (nSPS) is 10.4. The van der Waals surface area contributed by atoms with Gasteiger partial charge in [0, 0.05) is 6.61 Å². The van der Waals surface area contributed by atoms with Gasteiger partial charge in [-0.15, -0.1) is 6.58 Å². The van der Waals surface area contributed by atoms with Crippen LogP contribution in [0.4, 0.5) is 0 Å². The van der Waals surface area contributed by atoms with Crippen LogP contribution in [0.3, 0.4) is 0 Å². The lowest BCUT2D eigenvalue weighted by molar-refractivity contribution is 0.133. The molecule has 0 aromatic heterocycles. The van der Waals surface area contributed by atoms with Gasteiger partial charge in [0.25, 0.3) is 0 Å². The minimum absolute atomic E-state index is 0.831. The highest BCUT2D eigenvalue weighted by molar-refractivity contribution is 4.86. The average Bonchev–Trinajstić information content (AvgIpc) is 2.15. The van der Waals surface area contributed by atoms with Gasteiger partial charge in [0.15, 0.2) is 0 Å². The number of unbranched alkanes of at least 4 members (excludes halogenated alkanes) is 1. The van der Waals surface area contributed by atoms with Gasteiger partial charge < -0.3 is 10.1 Å². The Morgan fingerprint density at radius 1 is 1.21 bits per heavy atom. The molecule has 0 fully saturated rings. The second-order valence-electron chi connectivity index (χ2n) is 3.78. The summed E-state index contributed by atoms with van der Waals surface area (Å²) < 4.78 is 5.46. The van der Waals surface area contributed by atoms with Crippen molar-refractivity contribution in [1.29, 1.82) is 0 Å². The Bertz CT molecular complexity index is 134. The second-order valence-corrected chi connectivity index (χ2v) is 3.78. The van der Waals surface area contributed by atoms with Crippen molar-refractivity contribution in [2.75, 3.05) is 26.3 Å². The van der Waals surface area contributed by atoms with Crippen LogP contribution >= 0.6 is 0 Å². The highest BCUT2D eigenvalue weighted by Gasteiger charge is 1.90. The maximum absolute atomic E-state index is 5.46. The van der Waals surface area contributed by atoms with Crippen LogP contribution in [0.25, 0.3) is 0 Å². The molecule has 0 saturated carbocycles. The van der Waals surface area contributed by atoms with Crippen molar-refractivity contribution < 1.29 is 4.74 Å². The van der Waals surface area contributed by atoms with E-state index < -0.39 is 0 Å². The van der Waals surface area contributed by atoms with E-state index in [9.17, 15) is 0 Å². The van der Waals surface area contributed by atoms with Gasteiger partial charge in [-0.25, -0.2) is 0 Å². The Morgan fingerprint density at radius 2 is 2.00 bits per heavy atom. The fraction of sp³-hybridized carbons (Fsp3) is 0.833. The molecule has 0 radical (unpaired) electrons. The molecule has 0 rings (SSSR count). The molecule has 0 heterocycles. The van der Waals surface area contributed by atoms with Crippen molar-refractivity contribution >= 4 is 0 Å². The van der Waals surface area contributed by atoms with Crippen molar-refractivity contribution in [3.05, 3.63) is 12.2 Å². The zero-order valence-corrected chi connectivity index (χ0v) is 9.77. The van der Waals surface area contributed by atoms with Crippen LogP contribution in [-0.2, 0) is 4.74 Å². The molecular formula is C12H25NO. The van der Waals surface area contributed by atoms with Crippen LogP contribution in [0.5, 0.6) is 0 Å². The van der Waals surface area contributed by atoms with Crippen molar-refractivity contribution in [2.45, 2.75) is 39.5 Å². The lowest BCUT2D eigenvalue weighted by Gasteiger charge is -2.04. The summed E-state index contributed by atoms with van der Waals surface area (Å²) in [6.07, 6.45) is 4.59. The Morgan fingerprint density at radius 3 is 2.64 bits per heavy atom. The smallest absolute Gasteiger partial charge is 0.0502 e. The van der Waals surface area contributed by atoms with E-state index in [1.165, 1.54) is 18.4 Å². The van der Waals surface area contributed by atoms with E-state index in [2.05, 4.69) is 18.8 Å². The molecule has 84 valence electrons. The van der Waals surface area contributed by atoms with Gasteiger partial charge in [-0.1, -0.05) is 12.5 Å². The zero-order valence-electron chi connectivity index (χ0n) is 9.77. The summed E-state index contributed by atoms with van der Waals surface area (Å²) >= 11 is 0. The van der Waals surface area contributed by atoms with Crippen LogP contribution in [0.1, 0.15) is 39.5 Å². The van der Waals surface area contributed by atoms with E-state index in [0.717, 1.165) is 39.1 Å². The first kappa shape index (κ1) is 13.7. The average molecular weight is 199 g/mol. The number of hydrogen-bond donors (Lipinski definition) is 1. The molecule has 0 amide bonds. The molecule has 0 unspecified atom stereocenters. The third-order valence-corrected chi connectivity index (χ3v) is 1.99. The number of nitrogens with one attached hydrogen (secondary N) is 1. The monoisotopic (exact) mass is 199 g/mol. The summed E-state index contributed by atoms with van der Waals surface area (Å²) in [7, 11) is 0. The molecule has 0 atom stereocenters. The van der Waals surface area contributed by atoms with Crippen LogP contribution in [-0.4, -0.2) is 26.3 Å². The quantitative estimate of drug-likeness (QED) is 0.431. The molecular weight excluding hydrogens is 174 g/mol. The number of ether oxygens (including phenoxy) is 1. The predicted octanol–water partition coefficient (Wildman–Crippen LogP) is 2.75. The summed E-state index contributed by atoms with van der Waals surface area (Å²) in [5.74, 6) is 0. The first-order chi connectivity index (χ1) is 6.77. The Hall–Kier alpha value is -0.340. The van der Waals surface area contributed by atoms with Crippen LogP contribution in [0.15, 0.2) is 12.2 Å². The molecule has 0 aliphatic carbocycles. The fourth-order valence-electron chi connectivity index (χ4n) is 1.10. The molecule has 0 aromatic rings. The van der Waals surface area contributed by atoms with Crippen LogP contribution < -0.4 is 5.32 Å².